The van der Waals surface area contributed by atoms with Gasteiger partial charge in [0, 0.05) is 12.6 Å². The van der Waals surface area contributed by atoms with E-state index in [4.69, 9.17) is 12.2 Å². The number of benzene rings is 1. The molecule has 0 amide bonds. The largest absolute Gasteiger partial charge is 0.330 e. The van der Waals surface area contributed by atoms with E-state index in [2.05, 4.69) is 21.5 Å². The smallest absolute Gasteiger partial charge is 0.178 e. The molecule has 0 radical (unpaired) electrons. The van der Waals surface area contributed by atoms with Crippen LogP contribution in [0.2, 0.25) is 0 Å². The number of halogens is 1. The zero-order valence-corrected chi connectivity index (χ0v) is 12.1. The Hall–Kier alpha value is -1.20. The maximum absolute atomic E-state index is 13.6. The lowest BCUT2D eigenvalue weighted by atomic mass is 10.1. The van der Waals surface area contributed by atoms with Gasteiger partial charge in [-0.05, 0) is 63.3 Å². The van der Waals surface area contributed by atoms with E-state index in [9.17, 15) is 4.39 Å². The van der Waals surface area contributed by atoms with Gasteiger partial charge in [-0.25, -0.2) is 4.39 Å². The molecule has 0 aliphatic carbocycles. The topological polar surface area (TPSA) is 24.0 Å². The van der Waals surface area contributed by atoms with E-state index in [1.54, 1.807) is 13.0 Å². The van der Waals surface area contributed by atoms with E-state index in [1.807, 2.05) is 6.07 Å². The highest BCUT2D eigenvalue weighted by Gasteiger charge is 2.21. The first-order valence-corrected chi connectivity index (χ1v) is 7.06. The third kappa shape index (κ3) is 2.21. The highest BCUT2D eigenvalue weighted by atomic mass is 32.1. The van der Waals surface area contributed by atoms with Crippen LogP contribution in [0.5, 0.6) is 0 Å². The van der Waals surface area contributed by atoms with E-state index >= 15 is 0 Å². The van der Waals surface area contributed by atoms with Crippen LogP contribution in [0.3, 0.4) is 0 Å². The Morgan fingerprint density at radius 2 is 2.21 bits per heavy atom. The second-order valence-electron chi connectivity index (χ2n) is 5.48. The first-order valence-electron chi connectivity index (χ1n) is 6.65. The number of hydrogen-bond acceptors (Lipinski definition) is 2. The predicted octanol–water partition coefficient (Wildman–Crippen LogP) is 3.41. The molecular weight excluding hydrogens is 261 g/mol. The number of fused-ring (bicyclic) bond motifs is 1. The highest BCUT2D eigenvalue weighted by molar-refractivity contribution is 7.71. The molecule has 102 valence electrons. The summed E-state index contributed by atoms with van der Waals surface area (Å²) in [6, 6.07) is 3.82. The molecule has 1 fully saturated rings. The van der Waals surface area contributed by atoms with Crippen molar-refractivity contribution in [3.8, 4) is 0 Å². The maximum Gasteiger partial charge on any atom is 0.178 e. The van der Waals surface area contributed by atoms with Gasteiger partial charge in [0.25, 0.3) is 0 Å². The predicted molar refractivity (Wildman–Crippen MR) is 77.6 cm³/mol. The van der Waals surface area contributed by atoms with Gasteiger partial charge in [0.05, 0.1) is 11.0 Å². The van der Waals surface area contributed by atoms with Gasteiger partial charge in [0.1, 0.15) is 5.82 Å². The Balaban J connectivity index is 2.14. The molecule has 2 heterocycles. The number of aromatic nitrogens is 2. The Bertz CT molecular complexity index is 673. The number of aryl methyl sites for hydroxylation is 1. The third-order valence-electron chi connectivity index (χ3n) is 3.96. The van der Waals surface area contributed by atoms with E-state index in [1.165, 1.54) is 6.42 Å². The number of nitrogens with one attached hydrogen (secondary N) is 1. The van der Waals surface area contributed by atoms with E-state index < -0.39 is 0 Å². The second kappa shape index (κ2) is 4.72. The molecule has 1 unspecified atom stereocenters. The van der Waals surface area contributed by atoms with Crippen LogP contribution in [0.4, 0.5) is 4.39 Å². The quantitative estimate of drug-likeness (QED) is 0.809. The van der Waals surface area contributed by atoms with Crippen molar-refractivity contribution in [1.29, 1.82) is 0 Å². The summed E-state index contributed by atoms with van der Waals surface area (Å²) in [5.74, 6) is -0.184. The Kier molecular flexibility index (Phi) is 3.19. The molecule has 19 heavy (non-hydrogen) atoms. The van der Waals surface area contributed by atoms with Gasteiger partial charge in [0.15, 0.2) is 4.77 Å². The summed E-state index contributed by atoms with van der Waals surface area (Å²) in [7, 11) is 2.13. The first-order chi connectivity index (χ1) is 9.06. The number of piperidine rings is 1. The molecule has 1 aromatic heterocycles. The van der Waals surface area contributed by atoms with Crippen LogP contribution >= 0.6 is 12.2 Å². The van der Waals surface area contributed by atoms with E-state index in [-0.39, 0.29) is 5.82 Å². The molecule has 3 rings (SSSR count). The van der Waals surface area contributed by atoms with Crippen molar-refractivity contribution in [3.05, 3.63) is 28.3 Å². The molecule has 0 spiro atoms. The summed E-state index contributed by atoms with van der Waals surface area (Å²) in [6.07, 6.45) is 2.30. The van der Waals surface area contributed by atoms with Crippen molar-refractivity contribution in [2.45, 2.75) is 25.8 Å². The average molecular weight is 279 g/mol. The lowest BCUT2D eigenvalue weighted by Gasteiger charge is -2.30. The molecule has 1 aromatic carbocycles. The summed E-state index contributed by atoms with van der Waals surface area (Å²) >= 11 is 5.43. The highest BCUT2D eigenvalue weighted by Crippen LogP contribution is 2.27. The van der Waals surface area contributed by atoms with Gasteiger partial charge in [-0.15, -0.1) is 0 Å². The number of imidazole rings is 1. The van der Waals surface area contributed by atoms with E-state index in [0.29, 0.717) is 16.4 Å². The normalized spacial score (nSPS) is 21.1. The minimum absolute atomic E-state index is 0.184. The Labute approximate surface area is 117 Å². The number of nitrogens with zero attached hydrogens (tertiary/aromatic N) is 2. The molecule has 1 N–H and O–H groups in total. The summed E-state index contributed by atoms with van der Waals surface area (Å²) in [4.78, 5) is 5.45. The molecular formula is C14H18FN3S. The Morgan fingerprint density at radius 3 is 2.95 bits per heavy atom. The molecule has 1 aliphatic heterocycles. The number of H-pyrrole nitrogens is 1. The van der Waals surface area contributed by atoms with Gasteiger partial charge < -0.3 is 14.5 Å². The van der Waals surface area contributed by atoms with Crippen LogP contribution in [-0.2, 0) is 0 Å². The summed E-state index contributed by atoms with van der Waals surface area (Å²) < 4.78 is 16.5. The number of rotatable bonds is 1. The molecule has 5 heteroatoms. The molecule has 1 aliphatic rings. The van der Waals surface area contributed by atoms with Crippen molar-refractivity contribution in [3.63, 3.8) is 0 Å². The molecule has 0 bridgehead atoms. The van der Waals surface area contributed by atoms with Crippen LogP contribution in [0.25, 0.3) is 11.0 Å². The summed E-state index contributed by atoms with van der Waals surface area (Å²) in [5, 5.41) is 0. The van der Waals surface area contributed by atoms with E-state index in [0.717, 1.165) is 30.5 Å². The van der Waals surface area contributed by atoms with Crippen LogP contribution in [0.15, 0.2) is 12.1 Å². The number of likely N-dealkylation sites (tertiary alicyclic amines) is 1. The lowest BCUT2D eigenvalue weighted by Crippen LogP contribution is -2.33. The molecule has 1 atom stereocenters. The van der Waals surface area contributed by atoms with Crippen LogP contribution in [-0.4, -0.2) is 34.6 Å². The molecule has 0 saturated carbocycles. The fourth-order valence-electron chi connectivity index (χ4n) is 2.96. The van der Waals surface area contributed by atoms with Crippen LogP contribution in [0.1, 0.15) is 24.4 Å². The molecule has 3 nitrogen and oxygen atoms in total. The summed E-state index contributed by atoms with van der Waals surface area (Å²) in [6.45, 7) is 3.93. The fraction of sp³-hybridized carbons (Fsp3) is 0.500. The van der Waals surface area contributed by atoms with Gasteiger partial charge in [0.2, 0.25) is 0 Å². The Morgan fingerprint density at radius 1 is 1.42 bits per heavy atom. The number of likely N-dealkylation sites (N-methyl/N-ethyl adjacent to an activating group) is 1. The number of hydrogen-bond donors (Lipinski definition) is 1. The van der Waals surface area contributed by atoms with Gasteiger partial charge in [-0.2, -0.15) is 0 Å². The zero-order valence-electron chi connectivity index (χ0n) is 11.2. The monoisotopic (exact) mass is 279 g/mol. The standard InChI is InChI=1S/C14H18FN3S/c1-9-6-13-12(7-11(9)15)16-14(19)18(13)10-4-3-5-17(2)8-10/h6-7,10H,3-5,8H2,1-2H3,(H,16,19). The number of aromatic amines is 1. The SMILES string of the molecule is Cc1cc2c(cc1F)[nH]c(=S)n2C1CCCN(C)C1. The minimum Gasteiger partial charge on any atom is -0.330 e. The lowest BCUT2D eigenvalue weighted by molar-refractivity contribution is 0.214. The van der Waals surface area contributed by atoms with Crippen molar-refractivity contribution in [2.75, 3.05) is 20.1 Å². The van der Waals surface area contributed by atoms with Crippen molar-refractivity contribution in [2.24, 2.45) is 0 Å². The third-order valence-corrected chi connectivity index (χ3v) is 4.26. The minimum atomic E-state index is -0.184. The van der Waals surface area contributed by atoms with Gasteiger partial charge in [-0.3, -0.25) is 0 Å². The van der Waals surface area contributed by atoms with Crippen molar-refractivity contribution >= 4 is 23.3 Å². The van der Waals surface area contributed by atoms with Crippen LogP contribution in [0, 0.1) is 17.5 Å². The average Bonchev–Trinajstić information content (AvgIpc) is 2.65. The van der Waals surface area contributed by atoms with Crippen LogP contribution < -0.4 is 0 Å². The first kappa shape index (κ1) is 12.8. The zero-order chi connectivity index (χ0) is 13.6. The van der Waals surface area contributed by atoms with Crippen molar-refractivity contribution in [1.82, 2.24) is 14.5 Å². The van der Waals surface area contributed by atoms with Gasteiger partial charge >= 0.3 is 0 Å². The second-order valence-corrected chi connectivity index (χ2v) is 5.86. The maximum atomic E-state index is 13.6. The van der Waals surface area contributed by atoms with Crippen molar-refractivity contribution < 1.29 is 4.39 Å². The molecule has 1 saturated heterocycles. The fourth-order valence-corrected chi connectivity index (χ4v) is 3.32. The summed E-state index contributed by atoms with van der Waals surface area (Å²) in [5.41, 5.74) is 2.48. The van der Waals surface area contributed by atoms with Gasteiger partial charge in [-0.1, -0.05) is 0 Å². The molecule has 2 aromatic rings.